The molecule has 0 saturated heterocycles. The second-order valence-corrected chi connectivity index (χ2v) is 4.88. The highest BCUT2D eigenvalue weighted by Gasteiger charge is 2.28. The molecule has 1 aromatic heterocycles. The molecule has 17 heavy (non-hydrogen) atoms. The molecular weight excluding hydrogens is 218 g/mol. The van der Waals surface area contributed by atoms with Crippen LogP contribution in [-0.2, 0) is 11.2 Å². The summed E-state index contributed by atoms with van der Waals surface area (Å²) in [7, 11) is 0. The molecule has 2 rings (SSSR count). The van der Waals surface area contributed by atoms with E-state index in [-0.39, 0.29) is 5.75 Å². The minimum Gasteiger partial charge on any atom is -0.506 e. The SMILES string of the molecule is CC(C)(Cc1c[nH]c2c(O)cccc12)C(=O)O. The summed E-state index contributed by atoms with van der Waals surface area (Å²) in [5.41, 5.74) is 0.743. The van der Waals surface area contributed by atoms with Crippen molar-refractivity contribution >= 4 is 16.9 Å². The van der Waals surface area contributed by atoms with Crippen molar-refractivity contribution in [1.82, 2.24) is 4.98 Å². The van der Waals surface area contributed by atoms with E-state index in [0.717, 1.165) is 10.9 Å². The summed E-state index contributed by atoms with van der Waals surface area (Å²) in [5.74, 6) is -0.645. The van der Waals surface area contributed by atoms with Gasteiger partial charge in [0.05, 0.1) is 10.9 Å². The third-order valence-electron chi connectivity index (χ3n) is 2.99. The van der Waals surface area contributed by atoms with Crippen molar-refractivity contribution in [1.29, 1.82) is 0 Å². The van der Waals surface area contributed by atoms with Crippen LogP contribution in [0.1, 0.15) is 19.4 Å². The Morgan fingerprint density at radius 1 is 1.41 bits per heavy atom. The van der Waals surface area contributed by atoms with Crippen LogP contribution < -0.4 is 0 Å². The lowest BCUT2D eigenvalue weighted by molar-refractivity contribution is -0.146. The number of phenols is 1. The van der Waals surface area contributed by atoms with Gasteiger partial charge in [0.2, 0.25) is 0 Å². The molecule has 0 aliphatic heterocycles. The van der Waals surface area contributed by atoms with Gasteiger partial charge in [-0.2, -0.15) is 0 Å². The Kier molecular flexibility index (Phi) is 2.58. The number of phenolic OH excluding ortho intramolecular Hbond substituents is 1. The number of para-hydroxylation sites is 1. The van der Waals surface area contributed by atoms with Gasteiger partial charge in [-0.15, -0.1) is 0 Å². The summed E-state index contributed by atoms with van der Waals surface area (Å²) >= 11 is 0. The number of H-pyrrole nitrogens is 1. The maximum Gasteiger partial charge on any atom is 0.309 e. The molecule has 1 heterocycles. The number of fused-ring (bicyclic) bond motifs is 1. The number of hydrogen-bond acceptors (Lipinski definition) is 2. The summed E-state index contributed by atoms with van der Waals surface area (Å²) in [6, 6.07) is 5.23. The third kappa shape index (κ3) is 1.98. The molecular formula is C13H15NO3. The molecule has 2 aromatic rings. The molecule has 0 radical (unpaired) electrons. The van der Waals surface area contributed by atoms with Gasteiger partial charge in [-0.25, -0.2) is 0 Å². The highest BCUT2D eigenvalue weighted by atomic mass is 16.4. The fourth-order valence-electron chi connectivity index (χ4n) is 1.89. The summed E-state index contributed by atoms with van der Waals surface area (Å²) < 4.78 is 0. The Morgan fingerprint density at radius 2 is 2.12 bits per heavy atom. The van der Waals surface area contributed by atoms with Crippen LogP contribution in [-0.4, -0.2) is 21.2 Å². The van der Waals surface area contributed by atoms with E-state index in [4.69, 9.17) is 5.11 Å². The van der Waals surface area contributed by atoms with Gasteiger partial charge in [0.15, 0.2) is 0 Å². The molecule has 1 aromatic carbocycles. The number of nitrogens with one attached hydrogen (secondary N) is 1. The Bertz CT molecular complexity index is 569. The second kappa shape index (κ2) is 3.80. The van der Waals surface area contributed by atoms with E-state index in [2.05, 4.69) is 4.98 Å². The topological polar surface area (TPSA) is 73.3 Å². The number of aliphatic carboxylic acids is 1. The molecule has 0 aliphatic rings. The average Bonchev–Trinajstić information content (AvgIpc) is 2.62. The minimum absolute atomic E-state index is 0.182. The fraction of sp³-hybridized carbons (Fsp3) is 0.308. The number of hydrogen-bond donors (Lipinski definition) is 3. The van der Waals surface area contributed by atoms with Crippen LogP contribution >= 0.6 is 0 Å². The van der Waals surface area contributed by atoms with Gasteiger partial charge in [-0.1, -0.05) is 12.1 Å². The van der Waals surface area contributed by atoms with E-state index < -0.39 is 11.4 Å². The smallest absolute Gasteiger partial charge is 0.309 e. The molecule has 4 heteroatoms. The van der Waals surface area contributed by atoms with Crippen LogP contribution in [0.5, 0.6) is 5.75 Å². The standard InChI is InChI=1S/C13H15NO3/c1-13(2,12(16)17)6-8-7-14-11-9(8)4-3-5-10(11)15/h3-5,7,14-15H,6H2,1-2H3,(H,16,17). The summed E-state index contributed by atoms with van der Waals surface area (Å²) in [6.45, 7) is 3.38. The van der Waals surface area contributed by atoms with Gasteiger partial charge in [0, 0.05) is 11.6 Å². The van der Waals surface area contributed by atoms with Crippen molar-refractivity contribution in [2.75, 3.05) is 0 Å². The summed E-state index contributed by atoms with van der Waals surface area (Å²) in [4.78, 5) is 14.1. The first-order valence-electron chi connectivity index (χ1n) is 5.43. The lowest BCUT2D eigenvalue weighted by Crippen LogP contribution is -2.26. The van der Waals surface area contributed by atoms with Crippen molar-refractivity contribution in [2.24, 2.45) is 5.41 Å². The second-order valence-electron chi connectivity index (χ2n) is 4.88. The molecule has 0 saturated carbocycles. The highest BCUT2D eigenvalue weighted by Crippen LogP contribution is 2.30. The van der Waals surface area contributed by atoms with E-state index in [9.17, 15) is 9.90 Å². The molecule has 0 unspecified atom stereocenters. The first-order chi connectivity index (χ1) is 7.92. The number of aromatic hydroxyl groups is 1. The van der Waals surface area contributed by atoms with Gasteiger partial charge in [0.1, 0.15) is 5.75 Å². The van der Waals surface area contributed by atoms with Crippen LogP contribution in [0.3, 0.4) is 0 Å². The highest BCUT2D eigenvalue weighted by molar-refractivity contribution is 5.88. The number of rotatable bonds is 3. The van der Waals surface area contributed by atoms with Crippen molar-refractivity contribution in [3.8, 4) is 5.75 Å². The Labute approximate surface area is 98.9 Å². The predicted molar refractivity (Wildman–Crippen MR) is 65.1 cm³/mol. The van der Waals surface area contributed by atoms with Gasteiger partial charge in [0.25, 0.3) is 0 Å². The Balaban J connectivity index is 2.44. The number of benzene rings is 1. The first-order valence-corrected chi connectivity index (χ1v) is 5.43. The van der Waals surface area contributed by atoms with Gasteiger partial charge >= 0.3 is 5.97 Å². The number of carboxylic acids is 1. The maximum absolute atomic E-state index is 11.1. The van der Waals surface area contributed by atoms with Crippen molar-refractivity contribution in [3.05, 3.63) is 30.0 Å². The van der Waals surface area contributed by atoms with Crippen molar-refractivity contribution in [3.63, 3.8) is 0 Å². The lowest BCUT2D eigenvalue weighted by Gasteiger charge is -2.18. The van der Waals surface area contributed by atoms with Crippen LogP contribution in [0.2, 0.25) is 0 Å². The number of aromatic nitrogens is 1. The predicted octanol–water partition coefficient (Wildman–Crippen LogP) is 2.53. The fourth-order valence-corrected chi connectivity index (χ4v) is 1.89. The van der Waals surface area contributed by atoms with Gasteiger partial charge in [-0.05, 0) is 31.9 Å². The zero-order valence-electron chi connectivity index (χ0n) is 9.82. The van der Waals surface area contributed by atoms with E-state index in [1.165, 1.54) is 0 Å². The van der Waals surface area contributed by atoms with Crippen LogP contribution in [0.4, 0.5) is 0 Å². The average molecular weight is 233 g/mol. The zero-order valence-corrected chi connectivity index (χ0v) is 9.82. The maximum atomic E-state index is 11.1. The Hall–Kier alpha value is -1.97. The summed E-state index contributed by atoms with van der Waals surface area (Å²) in [5, 5.41) is 19.6. The molecule has 0 fully saturated rings. The molecule has 3 N–H and O–H groups in total. The van der Waals surface area contributed by atoms with Crippen molar-refractivity contribution in [2.45, 2.75) is 20.3 Å². The molecule has 0 amide bonds. The van der Waals surface area contributed by atoms with Crippen LogP contribution in [0, 0.1) is 5.41 Å². The van der Waals surface area contributed by atoms with Gasteiger partial charge < -0.3 is 15.2 Å². The van der Waals surface area contributed by atoms with Crippen LogP contribution in [0.15, 0.2) is 24.4 Å². The first kappa shape index (κ1) is 11.5. The van der Waals surface area contributed by atoms with Gasteiger partial charge in [-0.3, -0.25) is 4.79 Å². The van der Waals surface area contributed by atoms with Crippen molar-refractivity contribution < 1.29 is 15.0 Å². The number of carboxylic acid groups (broad SMARTS) is 1. The molecule has 90 valence electrons. The third-order valence-corrected chi connectivity index (χ3v) is 2.99. The number of carbonyl (C=O) groups is 1. The normalized spacial score (nSPS) is 11.9. The quantitative estimate of drug-likeness (QED) is 0.762. The van der Waals surface area contributed by atoms with Crippen LogP contribution in [0.25, 0.3) is 10.9 Å². The molecule has 0 aliphatic carbocycles. The molecule has 0 atom stereocenters. The van der Waals surface area contributed by atoms with E-state index >= 15 is 0 Å². The summed E-state index contributed by atoms with van der Waals surface area (Å²) in [6.07, 6.45) is 2.18. The minimum atomic E-state index is -0.827. The molecule has 0 spiro atoms. The molecule has 0 bridgehead atoms. The largest absolute Gasteiger partial charge is 0.506 e. The lowest BCUT2D eigenvalue weighted by atomic mass is 9.86. The molecule has 4 nitrogen and oxygen atoms in total. The number of aromatic amines is 1. The Morgan fingerprint density at radius 3 is 2.76 bits per heavy atom. The van der Waals surface area contributed by atoms with E-state index in [0.29, 0.717) is 11.9 Å². The monoisotopic (exact) mass is 233 g/mol. The van der Waals surface area contributed by atoms with E-state index in [1.807, 2.05) is 6.07 Å². The van der Waals surface area contributed by atoms with E-state index in [1.54, 1.807) is 32.2 Å². The zero-order chi connectivity index (χ0) is 12.6.